The molecule has 1 aromatic heterocycles. The number of rotatable bonds is 4. The lowest BCUT2D eigenvalue weighted by molar-refractivity contribution is 0.0902. The summed E-state index contributed by atoms with van der Waals surface area (Å²) >= 11 is 0. The Kier molecular flexibility index (Phi) is 4.91. The average Bonchev–Trinajstić information content (AvgIpc) is 2.98. The van der Waals surface area contributed by atoms with Gasteiger partial charge in [-0.15, -0.1) is 0 Å². The summed E-state index contributed by atoms with van der Waals surface area (Å²) in [6.45, 7) is 10.2. The number of nitrogens with zero attached hydrogens (tertiary/aromatic N) is 3. The van der Waals surface area contributed by atoms with Gasteiger partial charge in [-0.2, -0.15) is 5.10 Å². The summed E-state index contributed by atoms with van der Waals surface area (Å²) in [4.78, 5) is 5.36. The second kappa shape index (κ2) is 7.30. The number of fused-ring (bicyclic) bond motifs is 1. The Morgan fingerprint density at radius 3 is 2.56 bits per heavy atom. The van der Waals surface area contributed by atoms with Crippen molar-refractivity contribution in [1.82, 2.24) is 20.0 Å². The third-order valence-electron chi connectivity index (χ3n) is 6.20. The number of nitrogens with one attached hydrogen (secondary N) is 1. The van der Waals surface area contributed by atoms with Crippen molar-refractivity contribution in [2.75, 3.05) is 32.7 Å². The van der Waals surface area contributed by atoms with Crippen LogP contribution in [0.3, 0.4) is 0 Å². The van der Waals surface area contributed by atoms with Crippen molar-refractivity contribution >= 4 is 0 Å². The van der Waals surface area contributed by atoms with Gasteiger partial charge in [0.05, 0.1) is 5.69 Å². The van der Waals surface area contributed by atoms with E-state index >= 15 is 0 Å². The van der Waals surface area contributed by atoms with Gasteiger partial charge in [0, 0.05) is 44.5 Å². The maximum atomic E-state index is 4.32. The summed E-state index contributed by atoms with van der Waals surface area (Å²) < 4.78 is 0. The summed E-state index contributed by atoms with van der Waals surface area (Å²) in [7, 11) is 0. The molecule has 0 spiro atoms. The zero-order valence-corrected chi connectivity index (χ0v) is 15.6. The lowest BCUT2D eigenvalue weighted by Crippen LogP contribution is -2.52. The summed E-state index contributed by atoms with van der Waals surface area (Å²) in [5, 5.41) is 7.43. The number of hydrogen-bond donors (Lipinski definition) is 1. The van der Waals surface area contributed by atoms with E-state index in [2.05, 4.69) is 58.1 Å². The molecule has 1 N–H and O–H groups in total. The fourth-order valence-corrected chi connectivity index (χ4v) is 4.55. The van der Waals surface area contributed by atoms with Crippen LogP contribution >= 0.6 is 0 Å². The Labute approximate surface area is 151 Å². The standard InChI is InChI=1S/C21H30N4/c1-16-21(17(2)23-22-16)9-10-24-11-13-25(14-12-24)20-8-7-18-5-3-4-6-19(18)15-20/h3-6,20H,7-15H2,1-2H3,(H,22,23). The molecule has 4 heteroatoms. The normalized spacial score (nSPS) is 22.1. The van der Waals surface area contributed by atoms with Crippen LogP contribution < -0.4 is 0 Å². The van der Waals surface area contributed by atoms with Crippen LogP contribution in [0.25, 0.3) is 0 Å². The van der Waals surface area contributed by atoms with Crippen molar-refractivity contribution in [2.24, 2.45) is 0 Å². The Bertz CT molecular complexity index is 693. The van der Waals surface area contributed by atoms with Gasteiger partial charge in [0.25, 0.3) is 0 Å². The highest BCUT2D eigenvalue weighted by molar-refractivity contribution is 5.30. The molecule has 25 heavy (non-hydrogen) atoms. The molecule has 1 unspecified atom stereocenters. The van der Waals surface area contributed by atoms with Crippen LogP contribution in [-0.2, 0) is 19.3 Å². The number of aromatic nitrogens is 2. The van der Waals surface area contributed by atoms with Crippen molar-refractivity contribution in [1.29, 1.82) is 0 Å². The molecule has 1 fully saturated rings. The number of H-pyrrole nitrogens is 1. The Morgan fingerprint density at radius 1 is 1.08 bits per heavy atom. The molecule has 1 aliphatic heterocycles. The smallest absolute Gasteiger partial charge is 0.0626 e. The predicted molar refractivity (Wildman–Crippen MR) is 102 cm³/mol. The zero-order chi connectivity index (χ0) is 17.2. The molecular formula is C21H30N4. The van der Waals surface area contributed by atoms with Gasteiger partial charge < -0.3 is 4.90 Å². The summed E-state index contributed by atoms with van der Waals surface area (Å²) in [5.41, 5.74) is 6.95. The van der Waals surface area contributed by atoms with E-state index in [0.717, 1.165) is 24.7 Å². The molecule has 2 heterocycles. The predicted octanol–water partition coefficient (Wildman–Crippen LogP) is 2.74. The van der Waals surface area contributed by atoms with E-state index in [1.165, 1.54) is 56.7 Å². The SMILES string of the molecule is Cc1n[nH]c(C)c1CCN1CCN(C2CCc3ccccc3C2)CC1. The fraction of sp³-hybridized carbons (Fsp3) is 0.571. The first-order valence-electron chi connectivity index (χ1n) is 9.74. The van der Waals surface area contributed by atoms with Crippen molar-refractivity contribution in [3.63, 3.8) is 0 Å². The third kappa shape index (κ3) is 3.65. The first kappa shape index (κ1) is 16.8. The molecule has 1 saturated heterocycles. The minimum absolute atomic E-state index is 0.746. The molecule has 4 nitrogen and oxygen atoms in total. The van der Waals surface area contributed by atoms with E-state index in [4.69, 9.17) is 0 Å². The van der Waals surface area contributed by atoms with Gasteiger partial charge >= 0.3 is 0 Å². The van der Waals surface area contributed by atoms with Crippen LogP contribution in [0, 0.1) is 13.8 Å². The maximum Gasteiger partial charge on any atom is 0.0626 e. The molecule has 2 aromatic rings. The van der Waals surface area contributed by atoms with Crippen molar-refractivity contribution in [3.8, 4) is 0 Å². The van der Waals surface area contributed by atoms with Crippen LogP contribution in [0.2, 0.25) is 0 Å². The highest BCUT2D eigenvalue weighted by atomic mass is 15.3. The molecule has 0 amide bonds. The quantitative estimate of drug-likeness (QED) is 0.931. The monoisotopic (exact) mass is 338 g/mol. The summed E-state index contributed by atoms with van der Waals surface area (Å²) in [6, 6.07) is 9.76. The number of hydrogen-bond acceptors (Lipinski definition) is 3. The average molecular weight is 338 g/mol. The Hall–Kier alpha value is -1.65. The molecule has 1 aliphatic carbocycles. The fourth-order valence-electron chi connectivity index (χ4n) is 4.55. The largest absolute Gasteiger partial charge is 0.300 e. The maximum absolute atomic E-state index is 4.32. The van der Waals surface area contributed by atoms with Gasteiger partial charge in [0.2, 0.25) is 0 Å². The summed E-state index contributed by atoms with van der Waals surface area (Å²) in [6.07, 6.45) is 4.93. The van der Waals surface area contributed by atoms with E-state index < -0.39 is 0 Å². The second-order valence-corrected chi connectivity index (χ2v) is 7.71. The molecule has 134 valence electrons. The number of aromatic amines is 1. The molecule has 2 aliphatic rings. The lowest BCUT2D eigenvalue weighted by Gasteiger charge is -2.41. The van der Waals surface area contributed by atoms with Crippen molar-refractivity contribution in [2.45, 2.75) is 45.6 Å². The third-order valence-corrected chi connectivity index (χ3v) is 6.20. The molecule has 0 bridgehead atoms. The Balaban J connectivity index is 1.28. The summed E-state index contributed by atoms with van der Waals surface area (Å²) in [5.74, 6) is 0. The molecule has 0 radical (unpaired) electrons. The van der Waals surface area contributed by atoms with E-state index in [1.54, 1.807) is 11.1 Å². The van der Waals surface area contributed by atoms with E-state index in [-0.39, 0.29) is 0 Å². The molecular weight excluding hydrogens is 308 g/mol. The van der Waals surface area contributed by atoms with E-state index in [1.807, 2.05) is 0 Å². The first-order valence-corrected chi connectivity index (χ1v) is 9.74. The van der Waals surface area contributed by atoms with Crippen LogP contribution in [0.4, 0.5) is 0 Å². The number of piperazine rings is 1. The topological polar surface area (TPSA) is 35.2 Å². The van der Waals surface area contributed by atoms with Gasteiger partial charge in [-0.3, -0.25) is 10.00 Å². The molecule has 1 atom stereocenters. The van der Waals surface area contributed by atoms with Crippen molar-refractivity contribution < 1.29 is 0 Å². The highest BCUT2D eigenvalue weighted by Gasteiger charge is 2.27. The second-order valence-electron chi connectivity index (χ2n) is 7.71. The minimum atomic E-state index is 0.746. The lowest BCUT2D eigenvalue weighted by atomic mass is 9.87. The molecule has 1 aromatic carbocycles. The van der Waals surface area contributed by atoms with Gasteiger partial charge in [0.15, 0.2) is 0 Å². The van der Waals surface area contributed by atoms with Crippen LogP contribution in [0.1, 0.15) is 34.5 Å². The van der Waals surface area contributed by atoms with Gasteiger partial charge in [-0.1, -0.05) is 24.3 Å². The minimum Gasteiger partial charge on any atom is -0.300 e. The van der Waals surface area contributed by atoms with Crippen LogP contribution in [0.5, 0.6) is 0 Å². The molecule has 4 rings (SSSR count). The first-order chi connectivity index (χ1) is 12.2. The van der Waals surface area contributed by atoms with Gasteiger partial charge in [0.1, 0.15) is 0 Å². The van der Waals surface area contributed by atoms with Crippen LogP contribution in [-0.4, -0.2) is 58.8 Å². The van der Waals surface area contributed by atoms with Crippen LogP contribution in [0.15, 0.2) is 24.3 Å². The van der Waals surface area contributed by atoms with E-state index in [0.29, 0.717) is 0 Å². The number of aryl methyl sites for hydroxylation is 3. The van der Waals surface area contributed by atoms with Gasteiger partial charge in [-0.25, -0.2) is 0 Å². The molecule has 0 saturated carbocycles. The van der Waals surface area contributed by atoms with Gasteiger partial charge in [-0.05, 0) is 56.2 Å². The number of benzene rings is 1. The highest BCUT2D eigenvalue weighted by Crippen LogP contribution is 2.25. The van der Waals surface area contributed by atoms with E-state index in [9.17, 15) is 0 Å². The Morgan fingerprint density at radius 2 is 1.84 bits per heavy atom. The van der Waals surface area contributed by atoms with Crippen molar-refractivity contribution in [3.05, 3.63) is 52.3 Å². The zero-order valence-electron chi connectivity index (χ0n) is 15.6.